The SMILES string of the molecule is CCCC(C)n1c(N)nc2cc(C(F)(F)F)ccc21. The molecule has 0 aliphatic rings. The number of halogens is 3. The van der Waals surface area contributed by atoms with Crippen LogP contribution < -0.4 is 5.73 Å². The molecule has 6 heteroatoms. The van der Waals surface area contributed by atoms with Gasteiger partial charge in [-0.05, 0) is 31.5 Å². The molecule has 2 aromatic rings. The van der Waals surface area contributed by atoms with Crippen molar-refractivity contribution in [3.63, 3.8) is 0 Å². The Morgan fingerprint density at radius 3 is 2.63 bits per heavy atom. The zero-order chi connectivity index (χ0) is 14.2. The van der Waals surface area contributed by atoms with Crippen molar-refractivity contribution in [2.24, 2.45) is 0 Å². The Labute approximate surface area is 109 Å². The van der Waals surface area contributed by atoms with Gasteiger partial charge < -0.3 is 10.3 Å². The van der Waals surface area contributed by atoms with E-state index in [2.05, 4.69) is 4.98 Å². The Kier molecular flexibility index (Phi) is 3.43. The predicted molar refractivity (Wildman–Crippen MR) is 68.8 cm³/mol. The number of aromatic nitrogens is 2. The summed E-state index contributed by atoms with van der Waals surface area (Å²) in [6, 6.07) is 3.67. The van der Waals surface area contributed by atoms with Crippen molar-refractivity contribution in [2.75, 3.05) is 5.73 Å². The highest BCUT2D eigenvalue weighted by Gasteiger charge is 2.31. The lowest BCUT2D eigenvalue weighted by Crippen LogP contribution is -2.08. The maximum Gasteiger partial charge on any atom is 0.416 e. The fourth-order valence-corrected chi connectivity index (χ4v) is 2.30. The van der Waals surface area contributed by atoms with Gasteiger partial charge in [-0.1, -0.05) is 13.3 Å². The Morgan fingerprint density at radius 1 is 1.37 bits per heavy atom. The summed E-state index contributed by atoms with van der Waals surface area (Å²) >= 11 is 0. The zero-order valence-corrected chi connectivity index (χ0v) is 10.8. The average molecular weight is 271 g/mol. The summed E-state index contributed by atoms with van der Waals surface area (Å²) in [6.45, 7) is 4.03. The molecule has 1 heterocycles. The van der Waals surface area contributed by atoms with Crippen molar-refractivity contribution in [3.05, 3.63) is 23.8 Å². The summed E-state index contributed by atoms with van der Waals surface area (Å²) in [6.07, 6.45) is -2.49. The summed E-state index contributed by atoms with van der Waals surface area (Å²) in [7, 11) is 0. The van der Waals surface area contributed by atoms with E-state index in [1.807, 2.05) is 13.8 Å². The Bertz CT molecular complexity index is 587. The van der Waals surface area contributed by atoms with Crippen LogP contribution in [0.5, 0.6) is 0 Å². The summed E-state index contributed by atoms with van der Waals surface area (Å²) < 4.78 is 39.7. The molecule has 1 atom stereocenters. The highest BCUT2D eigenvalue weighted by atomic mass is 19.4. The molecule has 0 aliphatic heterocycles. The summed E-state index contributed by atoms with van der Waals surface area (Å²) in [5, 5.41) is 0. The number of hydrogen-bond donors (Lipinski definition) is 1. The molecular weight excluding hydrogens is 255 g/mol. The molecule has 3 nitrogen and oxygen atoms in total. The molecule has 0 amide bonds. The minimum Gasteiger partial charge on any atom is -0.369 e. The van der Waals surface area contributed by atoms with Crippen LogP contribution in [0.3, 0.4) is 0 Å². The van der Waals surface area contributed by atoms with Gasteiger partial charge >= 0.3 is 6.18 Å². The highest BCUT2D eigenvalue weighted by molar-refractivity contribution is 5.79. The van der Waals surface area contributed by atoms with Gasteiger partial charge in [-0.2, -0.15) is 13.2 Å². The van der Waals surface area contributed by atoms with Crippen molar-refractivity contribution in [1.82, 2.24) is 9.55 Å². The first-order chi connectivity index (χ1) is 8.84. The third kappa shape index (κ3) is 2.52. The second-order valence-electron chi connectivity index (χ2n) is 4.68. The topological polar surface area (TPSA) is 43.8 Å². The molecule has 104 valence electrons. The zero-order valence-electron chi connectivity index (χ0n) is 10.8. The molecule has 1 aromatic carbocycles. The molecule has 1 unspecified atom stereocenters. The van der Waals surface area contributed by atoms with Gasteiger partial charge in [0.1, 0.15) is 0 Å². The number of imidazole rings is 1. The lowest BCUT2D eigenvalue weighted by Gasteiger charge is -2.15. The van der Waals surface area contributed by atoms with Gasteiger partial charge in [0.2, 0.25) is 5.95 Å². The van der Waals surface area contributed by atoms with Gasteiger partial charge in [-0.25, -0.2) is 4.98 Å². The third-order valence-electron chi connectivity index (χ3n) is 3.19. The maximum absolute atomic E-state index is 12.6. The molecule has 0 saturated heterocycles. The van der Waals surface area contributed by atoms with E-state index < -0.39 is 11.7 Å². The average Bonchev–Trinajstić information content (AvgIpc) is 2.62. The number of benzene rings is 1. The molecule has 0 spiro atoms. The van der Waals surface area contributed by atoms with Crippen LogP contribution >= 0.6 is 0 Å². The fourth-order valence-electron chi connectivity index (χ4n) is 2.30. The molecule has 0 saturated carbocycles. The predicted octanol–water partition coefficient (Wildman–Crippen LogP) is 4.00. The first-order valence-electron chi connectivity index (χ1n) is 6.19. The number of nitrogens with zero attached hydrogens (tertiary/aromatic N) is 2. The van der Waals surface area contributed by atoms with Gasteiger partial charge in [-0.15, -0.1) is 0 Å². The molecule has 0 fully saturated rings. The standard InChI is InChI=1S/C13H16F3N3/c1-3-4-8(2)19-11-6-5-9(13(14,15)16)7-10(11)18-12(19)17/h5-8H,3-4H2,1-2H3,(H2,17,18). The minimum absolute atomic E-state index is 0.117. The van der Waals surface area contributed by atoms with Crippen LogP contribution in [0.15, 0.2) is 18.2 Å². The van der Waals surface area contributed by atoms with Crippen molar-refractivity contribution in [1.29, 1.82) is 0 Å². The van der Waals surface area contributed by atoms with Crippen LogP contribution in [0.25, 0.3) is 11.0 Å². The maximum atomic E-state index is 12.6. The van der Waals surface area contributed by atoms with Crippen molar-refractivity contribution >= 4 is 17.0 Å². The molecule has 2 N–H and O–H groups in total. The van der Waals surface area contributed by atoms with Crippen LogP contribution in [0.1, 0.15) is 38.3 Å². The van der Waals surface area contributed by atoms with Crippen molar-refractivity contribution in [3.8, 4) is 0 Å². The van der Waals surface area contributed by atoms with Gasteiger partial charge in [0, 0.05) is 6.04 Å². The first-order valence-corrected chi connectivity index (χ1v) is 6.19. The van der Waals surface area contributed by atoms with E-state index >= 15 is 0 Å². The highest BCUT2D eigenvalue weighted by Crippen LogP contribution is 2.33. The largest absolute Gasteiger partial charge is 0.416 e. The smallest absolute Gasteiger partial charge is 0.369 e. The Morgan fingerprint density at radius 2 is 2.05 bits per heavy atom. The quantitative estimate of drug-likeness (QED) is 0.917. The number of fused-ring (bicyclic) bond motifs is 1. The van der Waals surface area contributed by atoms with E-state index in [9.17, 15) is 13.2 Å². The lowest BCUT2D eigenvalue weighted by atomic mass is 10.1. The second kappa shape index (κ2) is 4.75. The fraction of sp³-hybridized carbons (Fsp3) is 0.462. The number of hydrogen-bond acceptors (Lipinski definition) is 2. The van der Waals surface area contributed by atoms with E-state index in [4.69, 9.17) is 5.73 Å². The second-order valence-corrected chi connectivity index (χ2v) is 4.68. The van der Waals surface area contributed by atoms with Crippen LogP contribution in [-0.2, 0) is 6.18 Å². The third-order valence-corrected chi connectivity index (χ3v) is 3.19. The molecule has 19 heavy (non-hydrogen) atoms. The van der Waals surface area contributed by atoms with Gasteiger partial charge in [-0.3, -0.25) is 0 Å². The molecule has 0 radical (unpaired) electrons. The normalized spacial score (nSPS) is 13.9. The van der Waals surface area contributed by atoms with Crippen LogP contribution in [0.2, 0.25) is 0 Å². The Balaban J connectivity index is 2.54. The number of alkyl halides is 3. The first kappa shape index (κ1) is 13.7. The van der Waals surface area contributed by atoms with E-state index in [0.717, 1.165) is 25.0 Å². The number of rotatable bonds is 3. The summed E-state index contributed by atoms with van der Waals surface area (Å²) in [5.74, 6) is 0.260. The number of anilines is 1. The molecule has 0 bridgehead atoms. The number of nitrogen functional groups attached to an aromatic ring is 1. The van der Waals surface area contributed by atoms with E-state index in [-0.39, 0.29) is 17.5 Å². The molecule has 0 aliphatic carbocycles. The molecular formula is C13H16F3N3. The van der Waals surface area contributed by atoms with Crippen molar-refractivity contribution < 1.29 is 13.2 Å². The summed E-state index contributed by atoms with van der Waals surface area (Å²) in [5.41, 5.74) is 6.05. The lowest BCUT2D eigenvalue weighted by molar-refractivity contribution is -0.137. The summed E-state index contributed by atoms with van der Waals surface area (Å²) in [4.78, 5) is 4.03. The van der Waals surface area contributed by atoms with E-state index in [1.54, 1.807) is 4.57 Å². The number of nitrogens with two attached hydrogens (primary N) is 1. The monoisotopic (exact) mass is 271 g/mol. The minimum atomic E-state index is -4.36. The van der Waals surface area contributed by atoms with E-state index in [1.165, 1.54) is 6.07 Å². The van der Waals surface area contributed by atoms with Gasteiger partial charge in [0.05, 0.1) is 16.6 Å². The van der Waals surface area contributed by atoms with Crippen LogP contribution in [0, 0.1) is 0 Å². The van der Waals surface area contributed by atoms with Crippen LogP contribution in [-0.4, -0.2) is 9.55 Å². The van der Waals surface area contributed by atoms with Gasteiger partial charge in [0.15, 0.2) is 0 Å². The van der Waals surface area contributed by atoms with Gasteiger partial charge in [0.25, 0.3) is 0 Å². The van der Waals surface area contributed by atoms with Crippen molar-refractivity contribution in [2.45, 2.75) is 38.9 Å². The van der Waals surface area contributed by atoms with E-state index in [0.29, 0.717) is 5.52 Å². The Hall–Kier alpha value is -1.72. The molecule has 1 aromatic heterocycles. The van der Waals surface area contributed by atoms with Crippen LogP contribution in [0.4, 0.5) is 19.1 Å². The molecule has 2 rings (SSSR count).